The second-order valence-electron chi connectivity index (χ2n) is 5.40. The van der Waals surface area contributed by atoms with E-state index < -0.39 is 0 Å². The van der Waals surface area contributed by atoms with Gasteiger partial charge in [0.2, 0.25) is 0 Å². The molecule has 0 aromatic heterocycles. The van der Waals surface area contributed by atoms with Crippen molar-refractivity contribution in [2.45, 2.75) is 38.1 Å². The lowest BCUT2D eigenvalue weighted by molar-refractivity contribution is 0.229. The van der Waals surface area contributed by atoms with Crippen LogP contribution in [0.15, 0.2) is 24.3 Å². The van der Waals surface area contributed by atoms with Crippen molar-refractivity contribution in [3.63, 3.8) is 0 Å². The maximum atomic E-state index is 3.23. The zero-order valence-corrected chi connectivity index (χ0v) is 11.8. The van der Waals surface area contributed by atoms with Crippen LogP contribution in [0.4, 0.5) is 0 Å². The third-order valence-corrected chi connectivity index (χ3v) is 4.06. The maximum absolute atomic E-state index is 3.23. The lowest BCUT2D eigenvalue weighted by atomic mass is 9.98. The zero-order valence-electron chi connectivity index (χ0n) is 11.8. The summed E-state index contributed by atoms with van der Waals surface area (Å²) >= 11 is 0. The van der Waals surface area contributed by atoms with Crippen LogP contribution in [0, 0.1) is 0 Å². The van der Waals surface area contributed by atoms with E-state index in [2.05, 4.69) is 41.5 Å². The summed E-state index contributed by atoms with van der Waals surface area (Å²) in [6.45, 7) is 2.29. The van der Waals surface area contributed by atoms with E-state index in [9.17, 15) is 0 Å². The van der Waals surface area contributed by atoms with Crippen LogP contribution in [-0.4, -0.2) is 32.1 Å². The molecule has 0 aliphatic heterocycles. The maximum Gasteiger partial charge on any atom is 0.0347 e. The summed E-state index contributed by atoms with van der Waals surface area (Å²) in [7, 11) is 4.31. The summed E-state index contributed by atoms with van der Waals surface area (Å²) in [5.74, 6) is 0. The first kappa shape index (κ1) is 13.6. The molecule has 1 aliphatic carbocycles. The normalized spacial score (nSPS) is 19.6. The van der Waals surface area contributed by atoms with Gasteiger partial charge in [0.25, 0.3) is 0 Å². The molecule has 0 spiro atoms. The van der Waals surface area contributed by atoms with Gasteiger partial charge < -0.3 is 5.32 Å². The van der Waals surface area contributed by atoms with E-state index >= 15 is 0 Å². The Labute approximate surface area is 111 Å². The number of nitrogens with zero attached hydrogens (tertiary/aromatic N) is 1. The highest BCUT2D eigenvalue weighted by Gasteiger charge is 2.21. The average molecular weight is 246 g/mol. The van der Waals surface area contributed by atoms with E-state index in [0.717, 1.165) is 6.54 Å². The number of hydrogen-bond donors (Lipinski definition) is 1. The van der Waals surface area contributed by atoms with Crippen molar-refractivity contribution in [1.82, 2.24) is 10.2 Å². The molecule has 0 radical (unpaired) electrons. The lowest BCUT2D eigenvalue weighted by Gasteiger charge is -2.28. The molecule has 1 N–H and O–H groups in total. The smallest absolute Gasteiger partial charge is 0.0347 e. The van der Waals surface area contributed by atoms with Crippen LogP contribution in [0.3, 0.4) is 0 Å². The predicted molar refractivity (Wildman–Crippen MR) is 77.9 cm³/mol. The predicted octanol–water partition coefficient (Wildman–Crippen LogP) is 3.00. The largest absolute Gasteiger partial charge is 0.320 e. The molecular formula is C16H26N2. The SMILES string of the molecule is CNCCCN(C)C1CCCCc2ccccc21. The van der Waals surface area contributed by atoms with E-state index in [-0.39, 0.29) is 0 Å². The van der Waals surface area contributed by atoms with Gasteiger partial charge >= 0.3 is 0 Å². The van der Waals surface area contributed by atoms with Crippen molar-refractivity contribution in [1.29, 1.82) is 0 Å². The molecule has 0 fully saturated rings. The highest BCUT2D eigenvalue weighted by Crippen LogP contribution is 2.32. The minimum absolute atomic E-state index is 0.626. The molecule has 100 valence electrons. The first-order chi connectivity index (χ1) is 8.83. The van der Waals surface area contributed by atoms with Crippen molar-refractivity contribution < 1.29 is 0 Å². The Hall–Kier alpha value is -0.860. The molecule has 0 saturated heterocycles. The zero-order chi connectivity index (χ0) is 12.8. The molecule has 0 saturated carbocycles. The molecule has 1 aliphatic rings. The standard InChI is InChI=1S/C16H26N2/c1-17-12-7-13-18(2)16-11-6-4-9-14-8-3-5-10-15(14)16/h3,5,8,10,16-17H,4,6-7,9,11-13H2,1-2H3. The number of fused-ring (bicyclic) bond motifs is 1. The molecule has 0 amide bonds. The third-order valence-electron chi connectivity index (χ3n) is 4.06. The summed E-state index contributed by atoms with van der Waals surface area (Å²) < 4.78 is 0. The average Bonchev–Trinajstić information content (AvgIpc) is 2.61. The second-order valence-corrected chi connectivity index (χ2v) is 5.40. The minimum atomic E-state index is 0.626. The molecule has 1 atom stereocenters. The molecule has 1 aromatic carbocycles. The molecule has 0 heterocycles. The van der Waals surface area contributed by atoms with Crippen LogP contribution in [0.2, 0.25) is 0 Å². The van der Waals surface area contributed by atoms with Gasteiger partial charge in [-0.3, -0.25) is 4.90 Å². The van der Waals surface area contributed by atoms with Crippen molar-refractivity contribution in [3.8, 4) is 0 Å². The molecular weight excluding hydrogens is 220 g/mol. The van der Waals surface area contributed by atoms with Gasteiger partial charge in [-0.05, 0) is 64.0 Å². The molecule has 1 unspecified atom stereocenters. The molecule has 18 heavy (non-hydrogen) atoms. The van der Waals surface area contributed by atoms with Gasteiger partial charge in [0.15, 0.2) is 0 Å². The Balaban J connectivity index is 2.07. The molecule has 0 bridgehead atoms. The van der Waals surface area contributed by atoms with E-state index in [1.165, 1.54) is 38.6 Å². The fourth-order valence-corrected chi connectivity index (χ4v) is 3.01. The van der Waals surface area contributed by atoms with Crippen molar-refractivity contribution in [3.05, 3.63) is 35.4 Å². The van der Waals surface area contributed by atoms with E-state index in [1.807, 2.05) is 7.05 Å². The van der Waals surface area contributed by atoms with Gasteiger partial charge in [-0.2, -0.15) is 0 Å². The Morgan fingerprint density at radius 2 is 2.11 bits per heavy atom. The van der Waals surface area contributed by atoms with Gasteiger partial charge in [-0.25, -0.2) is 0 Å². The fraction of sp³-hybridized carbons (Fsp3) is 0.625. The summed E-state index contributed by atoms with van der Waals surface area (Å²) in [4.78, 5) is 2.54. The Kier molecular flexibility index (Phi) is 5.21. The summed E-state index contributed by atoms with van der Waals surface area (Å²) in [5.41, 5.74) is 3.14. The summed E-state index contributed by atoms with van der Waals surface area (Å²) in [6, 6.07) is 9.65. The highest BCUT2D eigenvalue weighted by atomic mass is 15.1. The van der Waals surface area contributed by atoms with Crippen molar-refractivity contribution >= 4 is 0 Å². The minimum Gasteiger partial charge on any atom is -0.320 e. The Morgan fingerprint density at radius 3 is 2.94 bits per heavy atom. The third kappa shape index (κ3) is 3.33. The van der Waals surface area contributed by atoms with E-state index in [0.29, 0.717) is 6.04 Å². The molecule has 1 aromatic rings. The van der Waals surface area contributed by atoms with Gasteiger partial charge in [0, 0.05) is 6.04 Å². The second kappa shape index (κ2) is 6.91. The first-order valence-corrected chi connectivity index (χ1v) is 7.25. The fourth-order valence-electron chi connectivity index (χ4n) is 3.01. The molecule has 2 heteroatoms. The van der Waals surface area contributed by atoms with Gasteiger partial charge in [-0.15, -0.1) is 0 Å². The quantitative estimate of drug-likeness (QED) is 0.634. The lowest BCUT2D eigenvalue weighted by Crippen LogP contribution is -2.27. The number of aryl methyl sites for hydroxylation is 1. The molecule has 2 rings (SSSR count). The highest BCUT2D eigenvalue weighted by molar-refractivity contribution is 5.31. The number of nitrogens with one attached hydrogen (secondary N) is 1. The number of benzene rings is 1. The van der Waals surface area contributed by atoms with Crippen LogP contribution < -0.4 is 5.32 Å². The molecule has 2 nitrogen and oxygen atoms in total. The Morgan fingerprint density at radius 1 is 1.28 bits per heavy atom. The van der Waals surface area contributed by atoms with Crippen LogP contribution in [0.1, 0.15) is 42.9 Å². The van der Waals surface area contributed by atoms with Crippen LogP contribution in [0.5, 0.6) is 0 Å². The van der Waals surface area contributed by atoms with Crippen LogP contribution in [0.25, 0.3) is 0 Å². The van der Waals surface area contributed by atoms with Crippen LogP contribution in [-0.2, 0) is 6.42 Å². The van der Waals surface area contributed by atoms with Gasteiger partial charge in [0.05, 0.1) is 0 Å². The Bertz CT molecular complexity index is 362. The topological polar surface area (TPSA) is 15.3 Å². The number of rotatable bonds is 5. The summed E-state index contributed by atoms with van der Waals surface area (Å²) in [6.07, 6.45) is 6.50. The number of hydrogen-bond acceptors (Lipinski definition) is 2. The van der Waals surface area contributed by atoms with Gasteiger partial charge in [-0.1, -0.05) is 30.7 Å². The van der Waals surface area contributed by atoms with E-state index in [1.54, 1.807) is 11.1 Å². The summed E-state index contributed by atoms with van der Waals surface area (Å²) in [5, 5.41) is 3.23. The van der Waals surface area contributed by atoms with Crippen molar-refractivity contribution in [2.24, 2.45) is 0 Å². The van der Waals surface area contributed by atoms with E-state index in [4.69, 9.17) is 0 Å². The monoisotopic (exact) mass is 246 g/mol. The van der Waals surface area contributed by atoms with Crippen molar-refractivity contribution in [2.75, 3.05) is 27.2 Å². The van der Waals surface area contributed by atoms with Gasteiger partial charge in [0.1, 0.15) is 0 Å². The first-order valence-electron chi connectivity index (χ1n) is 7.25. The van der Waals surface area contributed by atoms with Crippen LogP contribution >= 0.6 is 0 Å².